The number of methoxy groups -OCH3 is 2. The number of anilines is 1. The molecule has 76 heavy (non-hydrogen) atoms. The van der Waals surface area contributed by atoms with Crippen LogP contribution >= 0.6 is 36.4 Å². The highest BCUT2D eigenvalue weighted by molar-refractivity contribution is 8.54. The van der Waals surface area contributed by atoms with Crippen LogP contribution in [0, 0.1) is 0 Å². The SMILES string of the molecule is COc1ccc(C(=O)Oc2ccc(CSP(=O)(O)OC[C@H]3O[C@@H](n4cnc5c(N)ncnc54)CC3OP(=O)(OC[C@@H]3CC[C@H](n4ccc(=O)oc4=O)O3)SCc3ccc(OC(=O)c4ccc(OC)cc4)cc3)cc2)cc1. The molecular weight excluding hydrogens is 1070 g/mol. The number of aromatic nitrogens is 5. The van der Waals surface area contributed by atoms with Gasteiger partial charge in [0.1, 0.15) is 59.5 Å². The third-order valence-electron chi connectivity index (χ3n) is 11.8. The topological polar surface area (TPSA) is 293 Å². The van der Waals surface area contributed by atoms with Crippen LogP contribution in [0.5, 0.6) is 23.0 Å². The number of hydrogen-bond donors (Lipinski definition) is 2. The van der Waals surface area contributed by atoms with Crippen LogP contribution in [0.15, 0.2) is 136 Å². The molecule has 27 heteroatoms. The molecule has 0 saturated carbocycles. The van der Waals surface area contributed by atoms with Gasteiger partial charge in [-0.05, 0) is 120 Å². The summed E-state index contributed by atoms with van der Waals surface area (Å²) in [6.45, 7) is -9.49. The molecule has 0 amide bonds. The number of fused-ring (bicyclic) bond motifs is 1. The first-order valence-corrected chi connectivity index (χ1v) is 29.5. The van der Waals surface area contributed by atoms with E-state index in [-0.39, 0.29) is 41.9 Å². The number of nitrogen functional groups attached to an aromatic ring is 1. The highest BCUT2D eigenvalue weighted by Crippen LogP contribution is 2.64. The van der Waals surface area contributed by atoms with Crippen molar-refractivity contribution in [3.8, 4) is 23.0 Å². The van der Waals surface area contributed by atoms with Crippen LogP contribution < -0.4 is 36.1 Å². The lowest BCUT2D eigenvalue weighted by molar-refractivity contribution is -0.0400. The summed E-state index contributed by atoms with van der Waals surface area (Å²) in [5.74, 6) is -0.172. The molecule has 5 heterocycles. The molecule has 23 nitrogen and oxygen atoms in total. The molecular formula is C49H48N6O17P2S2. The molecule has 2 saturated heterocycles. The van der Waals surface area contributed by atoms with Gasteiger partial charge in [0, 0.05) is 30.2 Å². The van der Waals surface area contributed by atoms with E-state index in [1.165, 1.54) is 33.1 Å². The summed E-state index contributed by atoms with van der Waals surface area (Å²) >= 11 is 1.48. The molecule has 4 aromatic carbocycles. The standard InChI is InChI=1S/C49H48N6O17P2S2/c1-63-34-15-7-32(8-16-34)47(57)68-36-11-3-30(4-12-36)26-75-73(60,61)65-25-40-39(23-42(70-40)55-29-53-44-45(50)51-28-52-46(44)55)72-74(62,66-24-38-19-20-41(67-38)54-22-21-43(56)71-49(54)59)76-27-31-5-13-37(14-6-31)69-48(58)33-9-17-35(64-2)18-10-33/h3-18,21-22,28-29,38-42H,19-20,23-27H2,1-2H3,(H,60,61)(H2,50,51,52)/t38-,39?,40+,41+,42+,74?/m0/s1. The predicted molar refractivity (Wildman–Crippen MR) is 276 cm³/mol. The zero-order chi connectivity index (χ0) is 53.4. The summed E-state index contributed by atoms with van der Waals surface area (Å²) in [5.41, 5.74) is 7.79. The molecule has 7 atom stereocenters. The minimum absolute atomic E-state index is 0.00600. The lowest BCUT2D eigenvalue weighted by atomic mass is 10.2. The van der Waals surface area contributed by atoms with Crippen LogP contribution in [-0.4, -0.2) is 86.7 Å². The first-order chi connectivity index (χ1) is 36.6. The van der Waals surface area contributed by atoms with E-state index < -0.39 is 74.3 Å². The van der Waals surface area contributed by atoms with Gasteiger partial charge in [-0.1, -0.05) is 24.3 Å². The van der Waals surface area contributed by atoms with Crippen molar-refractivity contribution in [1.82, 2.24) is 24.1 Å². The second-order valence-electron chi connectivity index (χ2n) is 16.9. The van der Waals surface area contributed by atoms with Gasteiger partial charge in [0.2, 0.25) is 0 Å². The Labute approximate surface area is 440 Å². The number of carbonyl (C=O) groups is 2. The van der Waals surface area contributed by atoms with Gasteiger partial charge in [-0.25, -0.2) is 43.3 Å². The van der Waals surface area contributed by atoms with Crippen molar-refractivity contribution in [2.75, 3.05) is 33.2 Å². The number of nitrogens with zero attached hydrogens (tertiary/aromatic N) is 5. The van der Waals surface area contributed by atoms with Crippen molar-refractivity contribution in [1.29, 1.82) is 0 Å². The average Bonchev–Trinajstić information content (AvgIpc) is 4.19. The number of nitrogens with two attached hydrogens (primary N) is 1. The van der Waals surface area contributed by atoms with E-state index in [2.05, 4.69) is 15.0 Å². The molecule has 0 spiro atoms. The molecule has 398 valence electrons. The monoisotopic (exact) mass is 1120 g/mol. The summed E-state index contributed by atoms with van der Waals surface area (Å²) < 4.78 is 88.4. The smallest absolute Gasteiger partial charge is 0.423 e. The summed E-state index contributed by atoms with van der Waals surface area (Å²) in [7, 11) is 3.04. The Hall–Kier alpha value is -6.63. The second kappa shape index (κ2) is 24.1. The molecule has 0 aliphatic carbocycles. The summed E-state index contributed by atoms with van der Waals surface area (Å²) in [4.78, 5) is 73.4. The van der Waals surface area contributed by atoms with Gasteiger partial charge >= 0.3 is 36.9 Å². The molecule has 2 aliphatic heterocycles. The van der Waals surface area contributed by atoms with E-state index in [9.17, 15) is 28.6 Å². The summed E-state index contributed by atoms with van der Waals surface area (Å²) in [6, 6.07) is 26.9. The average molecular weight is 1120 g/mol. The van der Waals surface area contributed by atoms with Crippen LogP contribution in [0.1, 0.15) is 63.6 Å². The Morgan fingerprint density at radius 2 is 1.30 bits per heavy atom. The van der Waals surface area contributed by atoms with Crippen LogP contribution in [0.3, 0.4) is 0 Å². The van der Waals surface area contributed by atoms with E-state index in [1.54, 1.807) is 102 Å². The zero-order valence-electron chi connectivity index (χ0n) is 40.4. The molecule has 3 aromatic heterocycles. The van der Waals surface area contributed by atoms with Crippen molar-refractivity contribution < 1.29 is 70.0 Å². The Bertz CT molecular complexity index is 3380. The number of ether oxygens (including phenoxy) is 6. The first kappa shape index (κ1) is 54.2. The summed E-state index contributed by atoms with van der Waals surface area (Å²) in [6.07, 6.45) is 0.0567. The van der Waals surface area contributed by atoms with Gasteiger partial charge in [-0.3, -0.25) is 22.7 Å². The maximum absolute atomic E-state index is 15.2. The zero-order valence-corrected chi connectivity index (χ0v) is 43.8. The van der Waals surface area contributed by atoms with Gasteiger partial charge in [-0.15, -0.1) is 0 Å². The van der Waals surface area contributed by atoms with E-state index in [1.807, 2.05) is 0 Å². The van der Waals surface area contributed by atoms with Gasteiger partial charge in [-0.2, -0.15) is 0 Å². The lowest BCUT2D eigenvalue weighted by Gasteiger charge is -2.26. The van der Waals surface area contributed by atoms with E-state index in [0.717, 1.165) is 22.0 Å². The van der Waals surface area contributed by atoms with Gasteiger partial charge < -0.3 is 43.5 Å². The van der Waals surface area contributed by atoms with Crippen LogP contribution in [0.4, 0.5) is 5.82 Å². The Morgan fingerprint density at radius 3 is 1.89 bits per heavy atom. The second-order valence-corrected chi connectivity index (χ2v) is 24.8. The minimum atomic E-state index is -4.42. The fourth-order valence-corrected chi connectivity index (χ4v) is 13.6. The van der Waals surface area contributed by atoms with E-state index in [4.69, 9.17) is 52.1 Å². The summed E-state index contributed by atoms with van der Waals surface area (Å²) in [5, 5.41) is 0. The third kappa shape index (κ3) is 13.7. The van der Waals surface area contributed by atoms with Crippen molar-refractivity contribution in [3.63, 3.8) is 0 Å². The lowest BCUT2D eigenvalue weighted by Crippen LogP contribution is -2.29. The normalized spacial score (nSPS) is 19.9. The largest absolute Gasteiger partial charge is 0.497 e. The molecule has 9 rings (SSSR count). The minimum Gasteiger partial charge on any atom is -0.497 e. The molecule has 7 aromatic rings. The van der Waals surface area contributed by atoms with Gasteiger partial charge in [0.25, 0.3) is 0 Å². The highest BCUT2D eigenvalue weighted by Gasteiger charge is 2.45. The van der Waals surface area contributed by atoms with Crippen molar-refractivity contribution in [2.24, 2.45) is 0 Å². The number of carbonyl (C=O) groups excluding carboxylic acids is 2. The molecule has 2 fully saturated rings. The maximum atomic E-state index is 15.2. The number of imidazole rings is 1. The molecule has 0 bridgehead atoms. The van der Waals surface area contributed by atoms with Gasteiger partial charge in [0.15, 0.2) is 11.5 Å². The molecule has 2 aliphatic rings. The van der Waals surface area contributed by atoms with Crippen LogP contribution in [-0.2, 0) is 43.7 Å². The van der Waals surface area contributed by atoms with Crippen molar-refractivity contribution in [2.45, 2.75) is 61.5 Å². The third-order valence-corrected chi connectivity index (χ3v) is 18.5. The van der Waals surface area contributed by atoms with E-state index in [0.29, 0.717) is 69.1 Å². The van der Waals surface area contributed by atoms with E-state index >= 15 is 4.57 Å². The van der Waals surface area contributed by atoms with Crippen LogP contribution in [0.25, 0.3) is 11.2 Å². The number of hydrogen-bond acceptors (Lipinski definition) is 22. The maximum Gasteiger partial charge on any atom is 0.423 e. The predicted octanol–water partition coefficient (Wildman–Crippen LogP) is 8.14. The molecule has 3 unspecified atom stereocenters. The Morgan fingerprint density at radius 1 is 0.711 bits per heavy atom. The fourth-order valence-electron chi connectivity index (χ4n) is 7.86. The molecule has 0 radical (unpaired) electrons. The number of rotatable bonds is 22. The highest BCUT2D eigenvalue weighted by atomic mass is 32.7. The Kier molecular flexibility index (Phi) is 17.2. The van der Waals surface area contributed by atoms with Gasteiger partial charge in [0.05, 0.1) is 51.0 Å². The number of benzene rings is 4. The fraction of sp³-hybridized carbons (Fsp3) is 0.286. The van der Waals surface area contributed by atoms with Crippen molar-refractivity contribution >= 4 is 65.3 Å². The quantitative estimate of drug-likeness (QED) is 0.0367. The number of esters is 2. The Balaban J connectivity index is 0.897. The first-order valence-electron chi connectivity index (χ1n) is 23.2. The molecule has 3 N–H and O–H groups in total. The van der Waals surface area contributed by atoms with Crippen molar-refractivity contribution in [3.05, 3.63) is 165 Å². The van der Waals surface area contributed by atoms with Crippen LogP contribution in [0.2, 0.25) is 0 Å².